The molecular weight excluding hydrogens is 198 g/mol. The van der Waals surface area contributed by atoms with Gasteiger partial charge in [-0.25, -0.2) is 4.98 Å². The maximum atomic E-state index is 5.61. The van der Waals surface area contributed by atoms with Crippen LogP contribution in [-0.2, 0) is 20.0 Å². The van der Waals surface area contributed by atoms with Crippen LogP contribution in [0.1, 0.15) is 22.5 Å². The van der Waals surface area contributed by atoms with Gasteiger partial charge in [0.1, 0.15) is 5.82 Å². The number of rotatable bonds is 3. The van der Waals surface area contributed by atoms with E-state index < -0.39 is 0 Å². The van der Waals surface area contributed by atoms with Gasteiger partial charge in [0.2, 0.25) is 0 Å². The molecule has 0 spiro atoms. The second-order valence-electron chi connectivity index (χ2n) is 4.10. The molecular formula is C13H17N3. The number of imidazole rings is 1. The van der Waals surface area contributed by atoms with Crippen molar-refractivity contribution in [3.63, 3.8) is 0 Å². The van der Waals surface area contributed by atoms with Crippen molar-refractivity contribution in [2.45, 2.75) is 19.9 Å². The van der Waals surface area contributed by atoms with E-state index in [0.29, 0.717) is 6.54 Å². The molecule has 1 aromatic heterocycles. The minimum Gasteiger partial charge on any atom is -0.338 e. The second-order valence-corrected chi connectivity index (χ2v) is 4.10. The van der Waals surface area contributed by atoms with Crippen LogP contribution >= 0.6 is 0 Å². The highest BCUT2D eigenvalue weighted by atomic mass is 15.0. The topological polar surface area (TPSA) is 43.8 Å². The number of hydrogen-bond donors (Lipinski definition) is 1. The van der Waals surface area contributed by atoms with E-state index in [2.05, 4.69) is 34.7 Å². The first-order valence-electron chi connectivity index (χ1n) is 5.45. The van der Waals surface area contributed by atoms with Gasteiger partial charge in [0.25, 0.3) is 0 Å². The highest BCUT2D eigenvalue weighted by Gasteiger charge is 2.04. The Morgan fingerprint density at radius 2 is 2.19 bits per heavy atom. The van der Waals surface area contributed by atoms with Crippen LogP contribution in [-0.4, -0.2) is 9.55 Å². The fourth-order valence-electron chi connectivity index (χ4n) is 1.82. The van der Waals surface area contributed by atoms with Crippen molar-refractivity contribution in [2.75, 3.05) is 0 Å². The summed E-state index contributed by atoms with van der Waals surface area (Å²) in [5.41, 5.74) is 9.39. The number of benzene rings is 1. The van der Waals surface area contributed by atoms with Crippen LogP contribution in [0.5, 0.6) is 0 Å². The van der Waals surface area contributed by atoms with Crippen molar-refractivity contribution in [3.8, 4) is 0 Å². The van der Waals surface area contributed by atoms with Crippen LogP contribution in [0, 0.1) is 6.92 Å². The molecule has 0 saturated carbocycles. The van der Waals surface area contributed by atoms with Crippen molar-refractivity contribution in [1.29, 1.82) is 0 Å². The molecule has 2 N–H and O–H groups in total. The molecule has 3 nitrogen and oxygen atoms in total. The Morgan fingerprint density at radius 3 is 2.75 bits per heavy atom. The molecule has 2 rings (SSSR count). The summed E-state index contributed by atoms with van der Waals surface area (Å²) in [6.07, 6.45) is 4.68. The molecule has 0 amide bonds. The number of nitrogens with zero attached hydrogens (tertiary/aromatic N) is 2. The molecule has 1 aromatic carbocycles. The third-order valence-electron chi connectivity index (χ3n) is 2.91. The third kappa shape index (κ3) is 2.14. The lowest BCUT2D eigenvalue weighted by Crippen LogP contribution is -2.02. The van der Waals surface area contributed by atoms with E-state index >= 15 is 0 Å². The predicted octanol–water partition coefficient (Wildman–Crippen LogP) is 1.78. The summed E-state index contributed by atoms with van der Waals surface area (Å²) >= 11 is 0. The van der Waals surface area contributed by atoms with Crippen molar-refractivity contribution < 1.29 is 0 Å². The molecule has 3 heteroatoms. The van der Waals surface area contributed by atoms with Crippen LogP contribution in [0.15, 0.2) is 30.6 Å². The first-order chi connectivity index (χ1) is 7.70. The molecule has 0 radical (unpaired) electrons. The largest absolute Gasteiger partial charge is 0.338 e. The van der Waals surface area contributed by atoms with E-state index in [1.165, 1.54) is 16.7 Å². The summed E-state index contributed by atoms with van der Waals surface area (Å²) in [4.78, 5) is 4.33. The van der Waals surface area contributed by atoms with E-state index in [9.17, 15) is 0 Å². The fraction of sp³-hybridized carbons (Fsp3) is 0.308. The van der Waals surface area contributed by atoms with Crippen LogP contribution in [0.3, 0.4) is 0 Å². The summed E-state index contributed by atoms with van der Waals surface area (Å²) < 4.78 is 2.05. The van der Waals surface area contributed by atoms with Gasteiger partial charge in [0.05, 0.1) is 0 Å². The Labute approximate surface area is 95.9 Å². The summed E-state index contributed by atoms with van der Waals surface area (Å²) in [6.45, 7) is 2.72. The molecule has 0 aliphatic heterocycles. The Kier molecular flexibility index (Phi) is 3.06. The highest BCUT2D eigenvalue weighted by Crippen LogP contribution is 2.14. The lowest BCUT2D eigenvalue weighted by molar-refractivity contribution is 0.819. The number of hydrogen-bond acceptors (Lipinski definition) is 2. The maximum Gasteiger partial charge on any atom is 0.112 e. The van der Waals surface area contributed by atoms with Crippen LogP contribution in [0.4, 0.5) is 0 Å². The van der Waals surface area contributed by atoms with Crippen molar-refractivity contribution in [1.82, 2.24) is 9.55 Å². The van der Waals surface area contributed by atoms with Gasteiger partial charge in [0.15, 0.2) is 0 Å². The highest BCUT2D eigenvalue weighted by molar-refractivity contribution is 5.33. The van der Waals surface area contributed by atoms with Gasteiger partial charge < -0.3 is 10.3 Å². The quantitative estimate of drug-likeness (QED) is 0.848. The van der Waals surface area contributed by atoms with E-state index in [1.54, 1.807) is 0 Å². The zero-order chi connectivity index (χ0) is 11.5. The van der Waals surface area contributed by atoms with Crippen LogP contribution in [0.2, 0.25) is 0 Å². The molecule has 16 heavy (non-hydrogen) atoms. The predicted molar refractivity (Wildman–Crippen MR) is 65.1 cm³/mol. The van der Waals surface area contributed by atoms with E-state index in [1.807, 2.05) is 19.4 Å². The number of aryl methyl sites for hydroxylation is 2. The van der Waals surface area contributed by atoms with Crippen LogP contribution < -0.4 is 5.73 Å². The minimum absolute atomic E-state index is 0.601. The van der Waals surface area contributed by atoms with Gasteiger partial charge in [-0.05, 0) is 23.6 Å². The summed E-state index contributed by atoms with van der Waals surface area (Å²) in [7, 11) is 2.02. The lowest BCUT2D eigenvalue weighted by Gasteiger charge is -2.07. The molecule has 84 valence electrons. The molecule has 2 aromatic rings. The normalized spacial score (nSPS) is 10.7. The van der Waals surface area contributed by atoms with E-state index in [4.69, 9.17) is 5.73 Å². The molecule has 1 heterocycles. The first-order valence-corrected chi connectivity index (χ1v) is 5.45. The van der Waals surface area contributed by atoms with E-state index in [0.717, 1.165) is 12.2 Å². The SMILES string of the molecule is Cc1cc(CN)ccc1Cc1nccn1C. The van der Waals surface area contributed by atoms with Crippen LogP contribution in [0.25, 0.3) is 0 Å². The number of aromatic nitrogens is 2. The van der Waals surface area contributed by atoms with Gasteiger partial charge in [0, 0.05) is 32.4 Å². The Morgan fingerprint density at radius 1 is 1.38 bits per heavy atom. The second kappa shape index (κ2) is 4.49. The van der Waals surface area contributed by atoms with Gasteiger partial charge >= 0.3 is 0 Å². The summed E-state index contributed by atoms with van der Waals surface area (Å²) in [5, 5.41) is 0. The Bertz CT molecular complexity index is 486. The Hall–Kier alpha value is -1.61. The Balaban J connectivity index is 2.25. The average molecular weight is 215 g/mol. The molecule has 0 saturated heterocycles. The maximum absolute atomic E-state index is 5.61. The molecule has 0 atom stereocenters. The minimum atomic E-state index is 0.601. The molecule has 0 aliphatic carbocycles. The van der Waals surface area contributed by atoms with E-state index in [-0.39, 0.29) is 0 Å². The lowest BCUT2D eigenvalue weighted by atomic mass is 10.0. The standard InChI is InChI=1S/C13H17N3/c1-10-7-11(9-14)3-4-12(10)8-13-15-5-6-16(13)2/h3-7H,8-9,14H2,1-2H3. The fourth-order valence-corrected chi connectivity index (χ4v) is 1.82. The van der Waals surface area contributed by atoms with Crippen molar-refractivity contribution >= 4 is 0 Å². The third-order valence-corrected chi connectivity index (χ3v) is 2.91. The molecule has 0 unspecified atom stereocenters. The van der Waals surface area contributed by atoms with Crippen molar-refractivity contribution in [2.24, 2.45) is 12.8 Å². The first kappa shape index (κ1) is 10.9. The zero-order valence-electron chi connectivity index (χ0n) is 9.77. The van der Waals surface area contributed by atoms with Crippen molar-refractivity contribution in [3.05, 3.63) is 53.1 Å². The summed E-state index contributed by atoms with van der Waals surface area (Å²) in [6, 6.07) is 6.38. The van der Waals surface area contributed by atoms with Gasteiger partial charge in [-0.2, -0.15) is 0 Å². The average Bonchev–Trinajstić information content (AvgIpc) is 2.67. The number of nitrogens with two attached hydrogens (primary N) is 1. The van der Waals surface area contributed by atoms with Gasteiger partial charge in [-0.3, -0.25) is 0 Å². The molecule has 0 aliphatic rings. The van der Waals surface area contributed by atoms with Gasteiger partial charge in [-0.1, -0.05) is 18.2 Å². The smallest absolute Gasteiger partial charge is 0.112 e. The van der Waals surface area contributed by atoms with Gasteiger partial charge in [-0.15, -0.1) is 0 Å². The molecule has 0 fully saturated rings. The molecule has 0 bridgehead atoms. The zero-order valence-corrected chi connectivity index (χ0v) is 9.77. The summed E-state index contributed by atoms with van der Waals surface area (Å²) in [5.74, 6) is 1.09. The monoisotopic (exact) mass is 215 g/mol.